The van der Waals surface area contributed by atoms with Gasteiger partial charge in [0.25, 0.3) is 10.1 Å². The predicted molar refractivity (Wildman–Crippen MR) is 130 cm³/mol. The van der Waals surface area contributed by atoms with Crippen LogP contribution in [0.4, 0.5) is 0 Å². The zero-order chi connectivity index (χ0) is 25.8. The summed E-state index contributed by atoms with van der Waals surface area (Å²) in [7, 11) is -9.40. The van der Waals surface area contributed by atoms with Gasteiger partial charge in [-0.3, -0.25) is 23.2 Å². The summed E-state index contributed by atoms with van der Waals surface area (Å²) in [5.74, 6) is -1.93. The molecule has 0 aliphatic carbocycles. The Hall–Kier alpha value is -0.280. The molecule has 0 aromatic rings. The van der Waals surface area contributed by atoms with E-state index in [2.05, 4.69) is 13.8 Å². The Morgan fingerprint density at radius 2 is 1.03 bits per heavy atom. The fourth-order valence-electron chi connectivity index (χ4n) is 2.74. The first-order valence-corrected chi connectivity index (χ1v) is 14.2. The Morgan fingerprint density at radius 3 is 1.41 bits per heavy atom. The topological polar surface area (TPSA) is 182 Å². The van der Waals surface area contributed by atoms with E-state index in [9.17, 15) is 22.6 Å². The van der Waals surface area contributed by atoms with Crippen LogP contribution in [0.15, 0.2) is 0 Å². The second-order valence-electron chi connectivity index (χ2n) is 7.58. The molecule has 1 unspecified atom stereocenters. The van der Waals surface area contributed by atoms with Crippen molar-refractivity contribution in [2.75, 3.05) is 13.2 Å². The van der Waals surface area contributed by atoms with Gasteiger partial charge in [0.05, 0.1) is 19.6 Å². The maximum absolute atomic E-state index is 12.0. The molecule has 0 spiro atoms. The minimum absolute atomic E-state index is 0. The van der Waals surface area contributed by atoms with Gasteiger partial charge in [0.2, 0.25) is 0 Å². The molecule has 0 saturated carbocycles. The summed E-state index contributed by atoms with van der Waals surface area (Å²) in [6.45, 7) is 4.50. The van der Waals surface area contributed by atoms with Gasteiger partial charge in [-0.1, -0.05) is 78.1 Å². The second kappa shape index (κ2) is 23.1. The third kappa shape index (κ3) is 29.8. The Balaban J connectivity index is -0.00000144. The van der Waals surface area contributed by atoms with E-state index >= 15 is 0 Å². The molecule has 0 aliphatic heterocycles. The summed E-state index contributed by atoms with van der Waals surface area (Å²) in [5.41, 5.74) is 0. The maximum atomic E-state index is 12.0. The third-order valence-electron chi connectivity index (χ3n) is 4.48. The first-order chi connectivity index (χ1) is 15.3. The molecular formula is C20H41NaO11S2. The fourth-order valence-corrected chi connectivity index (χ4v) is 3.39. The van der Waals surface area contributed by atoms with Crippen LogP contribution in [-0.4, -0.2) is 90.5 Å². The number of hydrogen-bond acceptors (Lipinski definition) is 8. The Morgan fingerprint density at radius 1 is 0.676 bits per heavy atom. The molecule has 0 fully saturated rings. The number of hydrogen-bond donors (Lipinski definition) is 3. The fraction of sp³-hybridized carbons (Fsp3) is 0.900. The quantitative estimate of drug-likeness (QED) is 0.0997. The molecular weight excluding hydrogens is 503 g/mol. The van der Waals surface area contributed by atoms with Crippen molar-refractivity contribution < 1.29 is 49.6 Å². The molecule has 11 nitrogen and oxygen atoms in total. The molecule has 0 aromatic heterocycles. The number of ether oxygens (including phenoxy) is 2. The molecule has 0 radical (unpaired) electrons. The van der Waals surface area contributed by atoms with Gasteiger partial charge in [-0.25, -0.2) is 0 Å². The van der Waals surface area contributed by atoms with Gasteiger partial charge in [0.1, 0.15) is 0 Å². The molecule has 34 heavy (non-hydrogen) atoms. The summed E-state index contributed by atoms with van der Waals surface area (Å²) in [6, 6.07) is 0. The van der Waals surface area contributed by atoms with Crippen molar-refractivity contribution in [1.29, 1.82) is 0 Å². The van der Waals surface area contributed by atoms with E-state index < -0.39 is 44.1 Å². The normalized spacial score (nSPS) is 12.0. The summed E-state index contributed by atoms with van der Waals surface area (Å²) in [5, 5.41) is -1.93. The Bertz CT molecular complexity index is 717. The number of esters is 2. The van der Waals surface area contributed by atoms with Gasteiger partial charge in [0.15, 0.2) is 5.25 Å². The second-order valence-corrected chi connectivity index (χ2v) is 10.1. The molecule has 3 N–H and O–H groups in total. The van der Waals surface area contributed by atoms with Gasteiger partial charge in [0, 0.05) is 0 Å². The van der Waals surface area contributed by atoms with Crippen LogP contribution in [0.5, 0.6) is 0 Å². The summed E-state index contributed by atoms with van der Waals surface area (Å²) in [4.78, 5) is 23.8. The van der Waals surface area contributed by atoms with Crippen LogP contribution in [0.1, 0.15) is 97.3 Å². The monoisotopic (exact) mass is 544 g/mol. The Kier molecular flexibility index (Phi) is 26.0. The van der Waals surface area contributed by atoms with Gasteiger partial charge < -0.3 is 9.47 Å². The van der Waals surface area contributed by atoms with Crippen LogP contribution in [0.25, 0.3) is 0 Å². The van der Waals surface area contributed by atoms with Gasteiger partial charge in [-0.2, -0.15) is 16.8 Å². The molecule has 0 heterocycles. The molecule has 0 aliphatic rings. The average molecular weight is 545 g/mol. The van der Waals surface area contributed by atoms with Gasteiger partial charge >= 0.3 is 51.9 Å². The molecule has 1 atom stereocenters. The van der Waals surface area contributed by atoms with Crippen LogP contribution in [-0.2, 0) is 39.6 Å². The van der Waals surface area contributed by atoms with Crippen molar-refractivity contribution in [1.82, 2.24) is 0 Å². The van der Waals surface area contributed by atoms with Crippen LogP contribution < -0.4 is 0 Å². The minimum atomic E-state index is -4.73. The average Bonchev–Trinajstić information content (AvgIpc) is 2.68. The van der Waals surface area contributed by atoms with Crippen molar-refractivity contribution in [3.63, 3.8) is 0 Å². The number of unbranched alkanes of at least 4 members (excludes halogenated alkanes) is 10. The first-order valence-electron chi connectivity index (χ1n) is 11.3. The van der Waals surface area contributed by atoms with Crippen LogP contribution >= 0.6 is 0 Å². The SMILES string of the molecule is CCCCCCCCOC(=O)CC(C(=O)OCCCCCCCC)S(=O)(=O)O.O=S(=O)(O)O.[NaH]. The van der Waals surface area contributed by atoms with E-state index in [1.165, 1.54) is 6.42 Å². The zero-order valence-electron chi connectivity index (χ0n) is 19.6. The van der Waals surface area contributed by atoms with Crippen molar-refractivity contribution in [3.8, 4) is 0 Å². The van der Waals surface area contributed by atoms with E-state index in [1.807, 2.05) is 0 Å². The number of carbonyl (C=O) groups excluding carboxylic acids is 2. The number of carbonyl (C=O) groups is 2. The van der Waals surface area contributed by atoms with Crippen molar-refractivity contribution in [3.05, 3.63) is 0 Å². The van der Waals surface area contributed by atoms with E-state index in [0.717, 1.165) is 57.8 Å². The molecule has 14 heteroatoms. The van der Waals surface area contributed by atoms with Crippen molar-refractivity contribution in [2.45, 2.75) is 103 Å². The van der Waals surface area contributed by atoms with Gasteiger partial charge in [-0.05, 0) is 12.8 Å². The summed E-state index contributed by atoms with van der Waals surface area (Å²) >= 11 is 0. The molecule has 0 saturated heterocycles. The standard InChI is InChI=1S/C20H38O7S.Na.H2O4S.H/c1-3-5-7-9-11-13-15-26-19(21)17-18(28(23,24)25)20(22)27-16-14-12-10-8-6-4-2;;1-5(2,3)4;/h18H,3-17H2,1-2H3,(H,23,24,25);;(H2,1,2,3,4);. The molecule has 0 rings (SSSR count). The Labute approximate surface area is 226 Å². The third-order valence-corrected chi connectivity index (χ3v) is 5.56. The van der Waals surface area contributed by atoms with Crippen LogP contribution in [0.2, 0.25) is 0 Å². The van der Waals surface area contributed by atoms with E-state index in [0.29, 0.717) is 12.8 Å². The van der Waals surface area contributed by atoms with Crippen molar-refractivity contribution in [2.24, 2.45) is 0 Å². The molecule has 200 valence electrons. The van der Waals surface area contributed by atoms with E-state index in [1.54, 1.807) is 0 Å². The van der Waals surface area contributed by atoms with Crippen LogP contribution in [0, 0.1) is 0 Å². The molecule has 0 aromatic carbocycles. The summed E-state index contributed by atoms with van der Waals surface area (Å²) in [6.07, 6.45) is 11.3. The van der Waals surface area contributed by atoms with E-state index in [-0.39, 0.29) is 42.8 Å². The first kappa shape index (κ1) is 38.3. The molecule has 0 amide bonds. The van der Waals surface area contributed by atoms with Crippen molar-refractivity contribution >= 4 is 62.0 Å². The van der Waals surface area contributed by atoms with Crippen LogP contribution in [0.3, 0.4) is 0 Å². The van der Waals surface area contributed by atoms with Gasteiger partial charge in [-0.15, -0.1) is 0 Å². The predicted octanol–water partition coefficient (Wildman–Crippen LogP) is 3.14. The number of rotatable bonds is 18. The van der Waals surface area contributed by atoms with E-state index in [4.69, 9.17) is 27.0 Å². The zero-order valence-corrected chi connectivity index (χ0v) is 21.2. The summed E-state index contributed by atoms with van der Waals surface area (Å²) < 4.78 is 73.6. The molecule has 0 bridgehead atoms.